The van der Waals surface area contributed by atoms with Crippen molar-refractivity contribution in [3.8, 4) is 11.3 Å². The molecule has 1 nitrogen and oxygen atoms in total. The molecule has 0 spiro atoms. The average Bonchev–Trinajstić information content (AvgIpc) is 2.28. The summed E-state index contributed by atoms with van der Waals surface area (Å²) < 4.78 is 63.8. The number of aromatic nitrogens is 1. The minimum atomic E-state index is -4.93. The smallest absolute Gasteiger partial charge is 0.305 e. The molecule has 0 N–H and O–H groups in total. The molecule has 0 amide bonds. The molecule has 0 atom stereocenters. The average molecular weight is 450 g/mol. The first-order chi connectivity index (χ1) is 8.39. The zero-order valence-corrected chi connectivity index (χ0v) is 11.5. The Kier molecular flexibility index (Phi) is 4.76. The number of hydrogen-bond acceptors (Lipinski definition) is 1. The van der Waals surface area contributed by atoms with E-state index in [9.17, 15) is 22.0 Å². The van der Waals surface area contributed by atoms with Gasteiger partial charge in [0.2, 0.25) is 0 Å². The number of rotatable bonds is 1. The van der Waals surface area contributed by atoms with Gasteiger partial charge in [-0.15, -0.1) is 6.07 Å². The Morgan fingerprint density at radius 2 is 1.74 bits per heavy atom. The molecule has 7 heteroatoms. The third kappa shape index (κ3) is 3.36. The number of hydrogen-bond donors (Lipinski definition) is 0. The van der Waals surface area contributed by atoms with Gasteiger partial charge in [-0.1, -0.05) is 23.8 Å². The Balaban J connectivity index is 0.00000180. The second-order valence-corrected chi connectivity index (χ2v) is 3.43. The molecule has 0 saturated heterocycles. The second kappa shape index (κ2) is 5.75. The number of halogens is 5. The number of benzene rings is 1. The maximum atomic E-state index is 13.4. The predicted octanol–water partition coefficient (Wildman–Crippen LogP) is 3.84. The van der Waals surface area contributed by atoms with E-state index in [0.717, 1.165) is 0 Å². The number of pyridine rings is 1. The maximum Gasteiger partial charge on any atom is 0.402 e. The van der Waals surface area contributed by atoms with Crippen molar-refractivity contribution in [3.63, 3.8) is 0 Å². The molecule has 2 aromatic rings. The van der Waals surface area contributed by atoms with Crippen molar-refractivity contribution in [2.75, 3.05) is 0 Å². The van der Waals surface area contributed by atoms with E-state index >= 15 is 0 Å². The summed E-state index contributed by atoms with van der Waals surface area (Å²) in [6.45, 7) is 0. The summed E-state index contributed by atoms with van der Waals surface area (Å²) in [5.74, 6) is -2.83. The van der Waals surface area contributed by atoms with Crippen LogP contribution >= 0.6 is 0 Å². The van der Waals surface area contributed by atoms with Gasteiger partial charge < -0.3 is 4.98 Å². The van der Waals surface area contributed by atoms with Crippen molar-refractivity contribution in [2.24, 2.45) is 0 Å². The summed E-state index contributed by atoms with van der Waals surface area (Å²) in [5, 5.41) is 0. The first kappa shape index (κ1) is 15.7. The fourth-order valence-corrected chi connectivity index (χ4v) is 1.40. The molecule has 1 aromatic carbocycles. The van der Waals surface area contributed by atoms with E-state index in [2.05, 4.69) is 4.98 Å². The van der Waals surface area contributed by atoms with Crippen LogP contribution in [0.25, 0.3) is 11.3 Å². The standard InChI is InChI=1S/C12H5F5N.Ir/c13-9-6-10(14)8(12(15,16)17)5-7(9)11-3-1-2-4-18-11;/h1-4,6H;/q-1;. The van der Waals surface area contributed by atoms with Crippen LogP contribution in [-0.4, -0.2) is 4.98 Å². The van der Waals surface area contributed by atoms with Crippen molar-refractivity contribution in [1.82, 2.24) is 4.98 Å². The fraction of sp³-hybridized carbons (Fsp3) is 0.0833. The molecule has 19 heavy (non-hydrogen) atoms. The summed E-state index contributed by atoms with van der Waals surface area (Å²) in [7, 11) is 0. The van der Waals surface area contributed by atoms with Crippen LogP contribution in [0.15, 0.2) is 30.5 Å². The van der Waals surface area contributed by atoms with Gasteiger partial charge in [0.25, 0.3) is 0 Å². The van der Waals surface area contributed by atoms with Gasteiger partial charge in [-0.05, 0) is 11.8 Å². The van der Waals surface area contributed by atoms with Crippen LogP contribution in [-0.2, 0) is 26.3 Å². The molecule has 2 rings (SSSR count). The summed E-state index contributed by atoms with van der Waals surface area (Å²) in [6.07, 6.45) is -3.64. The topological polar surface area (TPSA) is 12.9 Å². The number of alkyl halides is 3. The van der Waals surface area contributed by atoms with E-state index < -0.39 is 28.9 Å². The normalized spacial score (nSPS) is 11.0. The molecule has 0 fully saturated rings. The van der Waals surface area contributed by atoms with Crippen molar-refractivity contribution in [3.05, 3.63) is 53.7 Å². The van der Waals surface area contributed by atoms with Gasteiger partial charge in [0, 0.05) is 37.7 Å². The van der Waals surface area contributed by atoms with E-state index in [-0.39, 0.29) is 31.9 Å². The Bertz CT molecular complexity index is 568. The third-order valence-electron chi connectivity index (χ3n) is 2.19. The van der Waals surface area contributed by atoms with Crippen molar-refractivity contribution in [2.45, 2.75) is 6.18 Å². The van der Waals surface area contributed by atoms with Gasteiger partial charge in [0.1, 0.15) is 0 Å². The van der Waals surface area contributed by atoms with Crippen LogP contribution in [0.1, 0.15) is 5.56 Å². The Morgan fingerprint density at radius 1 is 1.05 bits per heavy atom. The van der Waals surface area contributed by atoms with Gasteiger partial charge in [0.15, 0.2) is 0 Å². The fourth-order valence-electron chi connectivity index (χ4n) is 1.40. The zero-order chi connectivity index (χ0) is 13.3. The third-order valence-corrected chi connectivity index (χ3v) is 2.19. The van der Waals surface area contributed by atoms with Crippen molar-refractivity contribution < 1.29 is 42.1 Å². The molecule has 1 radical (unpaired) electrons. The molecular formula is C12H5F5IrN-. The summed E-state index contributed by atoms with van der Waals surface area (Å²) in [5.41, 5.74) is -2.19. The van der Waals surface area contributed by atoms with Crippen LogP contribution in [0.2, 0.25) is 0 Å². The SMILES string of the molecule is Fc1cc(F)c(C(F)(F)F)[c-]c1-c1ccccn1.[Ir]. The molecule has 1 aromatic heterocycles. The summed E-state index contributed by atoms with van der Waals surface area (Å²) >= 11 is 0. The minimum absolute atomic E-state index is 0. The van der Waals surface area contributed by atoms with Crippen LogP contribution in [0.3, 0.4) is 0 Å². The van der Waals surface area contributed by atoms with E-state index in [1.165, 1.54) is 24.4 Å². The summed E-state index contributed by atoms with van der Waals surface area (Å²) in [4.78, 5) is 3.70. The molecular weight excluding hydrogens is 445 g/mol. The molecule has 0 aliphatic heterocycles. The van der Waals surface area contributed by atoms with Crippen LogP contribution in [0.5, 0.6) is 0 Å². The van der Waals surface area contributed by atoms with Crippen LogP contribution < -0.4 is 0 Å². The predicted molar refractivity (Wildman–Crippen MR) is 53.4 cm³/mol. The van der Waals surface area contributed by atoms with Crippen LogP contribution in [0.4, 0.5) is 22.0 Å². The molecule has 0 aliphatic rings. The van der Waals surface area contributed by atoms with Crippen molar-refractivity contribution in [1.29, 1.82) is 0 Å². The quantitative estimate of drug-likeness (QED) is 0.475. The van der Waals surface area contributed by atoms with Gasteiger partial charge in [-0.3, -0.25) is 8.78 Å². The van der Waals surface area contributed by atoms with E-state index in [4.69, 9.17) is 0 Å². The molecule has 1 heterocycles. The van der Waals surface area contributed by atoms with Gasteiger partial charge in [-0.2, -0.15) is 13.2 Å². The van der Waals surface area contributed by atoms with Gasteiger partial charge >= 0.3 is 6.18 Å². The monoisotopic (exact) mass is 451 g/mol. The Hall–Kier alpha value is -1.33. The largest absolute Gasteiger partial charge is 0.402 e. The molecule has 0 saturated carbocycles. The van der Waals surface area contributed by atoms with E-state index in [1.807, 2.05) is 0 Å². The Morgan fingerprint density at radius 3 is 2.26 bits per heavy atom. The minimum Gasteiger partial charge on any atom is -0.305 e. The molecule has 103 valence electrons. The molecule has 0 aliphatic carbocycles. The maximum absolute atomic E-state index is 13.4. The van der Waals surface area contributed by atoms with Crippen LogP contribution in [0, 0.1) is 17.7 Å². The van der Waals surface area contributed by atoms with Crippen molar-refractivity contribution >= 4 is 0 Å². The first-order valence-corrected chi connectivity index (χ1v) is 4.79. The number of nitrogens with zero attached hydrogens (tertiary/aromatic N) is 1. The summed E-state index contributed by atoms with van der Waals surface area (Å²) in [6, 6.07) is 6.20. The Labute approximate surface area is 118 Å². The van der Waals surface area contributed by atoms with Gasteiger partial charge in [0.05, 0.1) is 5.82 Å². The first-order valence-electron chi connectivity index (χ1n) is 4.79. The molecule has 0 bridgehead atoms. The second-order valence-electron chi connectivity index (χ2n) is 3.43. The van der Waals surface area contributed by atoms with E-state index in [0.29, 0.717) is 0 Å². The zero-order valence-electron chi connectivity index (χ0n) is 9.06. The molecule has 0 unspecified atom stereocenters. The van der Waals surface area contributed by atoms with Gasteiger partial charge in [-0.25, -0.2) is 0 Å². The van der Waals surface area contributed by atoms with E-state index in [1.54, 1.807) is 6.07 Å².